The van der Waals surface area contributed by atoms with Gasteiger partial charge in [-0.15, -0.1) is 0 Å². The van der Waals surface area contributed by atoms with Gasteiger partial charge in [0.25, 0.3) is 0 Å². The quantitative estimate of drug-likeness (QED) is 0.171. The average molecular weight is 586 g/mol. The molecule has 2 aromatic carbocycles. The summed E-state index contributed by atoms with van der Waals surface area (Å²) >= 11 is 13.9. The third-order valence-corrected chi connectivity index (χ3v) is 7.50. The van der Waals surface area contributed by atoms with Gasteiger partial charge in [-0.1, -0.05) is 23.2 Å². The molecule has 4 aromatic rings. The van der Waals surface area contributed by atoms with Crippen molar-refractivity contribution in [3.8, 4) is 5.82 Å². The number of pyridine rings is 1. The van der Waals surface area contributed by atoms with E-state index in [1.807, 2.05) is 67.8 Å². The lowest BCUT2D eigenvalue weighted by atomic mass is 10.2. The van der Waals surface area contributed by atoms with E-state index in [0.717, 1.165) is 59.3 Å². The summed E-state index contributed by atoms with van der Waals surface area (Å²) in [6, 6.07) is 17.6. The Kier molecular flexibility index (Phi) is 8.28. The van der Waals surface area contributed by atoms with Gasteiger partial charge < -0.3 is 23.2 Å². The summed E-state index contributed by atoms with van der Waals surface area (Å²) in [7, 11) is 0. The minimum Gasteiger partial charge on any atom is -0.459 e. The molecule has 0 spiro atoms. The fourth-order valence-electron chi connectivity index (χ4n) is 4.42. The molecule has 0 amide bonds. The average Bonchev–Trinajstić information content (AvgIpc) is 3.31. The van der Waals surface area contributed by atoms with Crippen molar-refractivity contribution in [1.29, 1.82) is 0 Å². The highest BCUT2D eigenvalue weighted by Gasteiger charge is 2.21. The highest BCUT2D eigenvalue weighted by Crippen LogP contribution is 2.35. The third kappa shape index (κ3) is 7.00. The van der Waals surface area contributed by atoms with Crippen LogP contribution in [-0.2, 0) is 14.3 Å². The number of fused-ring (bicyclic) bond motifs is 1. The summed E-state index contributed by atoms with van der Waals surface area (Å²) in [6.45, 7) is 8.80. The molecule has 0 radical (unpaired) electrons. The summed E-state index contributed by atoms with van der Waals surface area (Å²) < 4.78 is 15.1. The molecule has 3 heterocycles. The van der Waals surface area contributed by atoms with Crippen LogP contribution in [-0.4, -0.2) is 54.0 Å². The van der Waals surface area contributed by atoms with Gasteiger partial charge in [0, 0.05) is 63.3 Å². The second-order valence-corrected chi connectivity index (χ2v) is 12.2. The molecule has 1 aliphatic heterocycles. The summed E-state index contributed by atoms with van der Waals surface area (Å²) in [5, 5.41) is 2.08. The lowest BCUT2D eigenvalue weighted by molar-refractivity contribution is -0.152. The van der Waals surface area contributed by atoms with E-state index in [-0.39, 0.29) is 12.5 Å². The van der Waals surface area contributed by atoms with Gasteiger partial charge in [-0.05, 0) is 81.3 Å². The highest BCUT2D eigenvalue weighted by molar-refractivity contribution is 8.00. The predicted molar refractivity (Wildman–Crippen MR) is 160 cm³/mol. The van der Waals surface area contributed by atoms with Gasteiger partial charge in [-0.2, -0.15) is 0 Å². The van der Waals surface area contributed by atoms with E-state index < -0.39 is 5.60 Å². The Labute approximate surface area is 242 Å². The second kappa shape index (κ2) is 11.7. The molecule has 0 N–H and O–H groups in total. The van der Waals surface area contributed by atoms with Crippen molar-refractivity contribution in [1.82, 2.24) is 9.55 Å². The van der Waals surface area contributed by atoms with Crippen LogP contribution in [0.4, 0.5) is 11.4 Å². The third-order valence-electron chi connectivity index (χ3n) is 6.06. The molecule has 0 aliphatic carbocycles. The number of ether oxygens (including phenoxy) is 2. The number of esters is 1. The molecule has 39 heavy (non-hydrogen) atoms. The zero-order chi connectivity index (χ0) is 27.6. The smallest absolute Gasteiger partial charge is 0.327 e. The van der Waals surface area contributed by atoms with Gasteiger partial charge in [0.05, 0.1) is 18.7 Å². The molecular formula is C29H30Cl2N4O3S. The van der Waals surface area contributed by atoms with Crippen LogP contribution in [0.2, 0.25) is 10.0 Å². The Bertz CT molecular complexity index is 1460. The van der Waals surface area contributed by atoms with Crippen molar-refractivity contribution in [3.63, 3.8) is 0 Å². The van der Waals surface area contributed by atoms with Crippen LogP contribution in [0.5, 0.6) is 0 Å². The molecule has 10 heteroatoms. The van der Waals surface area contributed by atoms with Crippen molar-refractivity contribution in [2.45, 2.75) is 31.3 Å². The number of benzene rings is 2. The van der Waals surface area contributed by atoms with Crippen molar-refractivity contribution in [2.75, 3.05) is 42.1 Å². The Morgan fingerprint density at radius 3 is 2.51 bits per heavy atom. The number of rotatable bonds is 7. The number of morpholine rings is 1. The standard InChI is InChI=1S/C29H30Cl2N4O3S/c1-29(2,3)38-28(36)19-35(39-25-16-21(30)15-22(31)17-25)24-4-5-26-20(14-24)7-9-34(26)27-18-23(6-8-32-27)33-10-12-37-13-11-33/h4-9,14-18H,10-13,19H2,1-3H3. The number of anilines is 2. The van der Waals surface area contributed by atoms with Crippen LogP contribution < -0.4 is 9.21 Å². The number of halogens is 2. The molecule has 5 rings (SSSR count). The monoisotopic (exact) mass is 584 g/mol. The Balaban J connectivity index is 1.45. The molecule has 2 aromatic heterocycles. The Hall–Kier alpha value is -2.91. The van der Waals surface area contributed by atoms with Crippen LogP contribution in [0, 0.1) is 0 Å². The van der Waals surface area contributed by atoms with E-state index in [9.17, 15) is 4.79 Å². The fourth-order valence-corrected chi connectivity index (χ4v) is 6.08. The molecule has 0 unspecified atom stereocenters. The first-order valence-corrected chi connectivity index (χ1v) is 14.2. The number of carbonyl (C=O) groups is 1. The maximum absolute atomic E-state index is 12.8. The van der Waals surface area contributed by atoms with E-state index in [0.29, 0.717) is 10.0 Å². The Morgan fingerprint density at radius 2 is 1.79 bits per heavy atom. The van der Waals surface area contributed by atoms with Crippen molar-refractivity contribution >= 4 is 63.4 Å². The van der Waals surface area contributed by atoms with E-state index in [4.69, 9.17) is 32.7 Å². The van der Waals surface area contributed by atoms with Gasteiger partial charge in [-0.3, -0.25) is 4.79 Å². The summed E-state index contributed by atoms with van der Waals surface area (Å²) in [5.41, 5.74) is 2.40. The summed E-state index contributed by atoms with van der Waals surface area (Å²) in [5.74, 6) is 0.514. The molecule has 7 nitrogen and oxygen atoms in total. The van der Waals surface area contributed by atoms with Gasteiger partial charge >= 0.3 is 5.97 Å². The van der Waals surface area contributed by atoms with Crippen molar-refractivity contribution < 1.29 is 14.3 Å². The van der Waals surface area contributed by atoms with Crippen molar-refractivity contribution in [2.24, 2.45) is 0 Å². The highest BCUT2D eigenvalue weighted by atomic mass is 35.5. The number of nitrogens with zero attached hydrogens (tertiary/aromatic N) is 4. The number of aromatic nitrogens is 2. The molecule has 1 fully saturated rings. The first kappa shape index (κ1) is 27.6. The molecule has 1 aliphatic rings. The number of hydrogen-bond acceptors (Lipinski definition) is 7. The van der Waals surface area contributed by atoms with Crippen molar-refractivity contribution in [3.05, 3.63) is 77.0 Å². The zero-order valence-electron chi connectivity index (χ0n) is 22.1. The fraction of sp³-hybridized carbons (Fsp3) is 0.310. The SMILES string of the molecule is CC(C)(C)OC(=O)CN(Sc1cc(Cl)cc(Cl)c1)c1ccc2c(ccn2-c2cc(N3CCOCC3)ccn2)c1. The van der Waals surface area contributed by atoms with E-state index in [2.05, 4.69) is 32.7 Å². The van der Waals surface area contributed by atoms with Crippen LogP contribution in [0.1, 0.15) is 20.8 Å². The van der Waals surface area contributed by atoms with Crippen LogP contribution in [0.3, 0.4) is 0 Å². The summed E-state index contributed by atoms with van der Waals surface area (Å²) in [4.78, 5) is 20.6. The first-order valence-electron chi connectivity index (χ1n) is 12.7. The minimum atomic E-state index is -0.587. The predicted octanol–water partition coefficient (Wildman–Crippen LogP) is 7.02. The van der Waals surface area contributed by atoms with Gasteiger partial charge in [-0.25, -0.2) is 4.98 Å². The molecule has 1 saturated heterocycles. The normalized spacial score (nSPS) is 14.0. The topological polar surface area (TPSA) is 59.8 Å². The van der Waals surface area contributed by atoms with Crippen LogP contribution in [0.25, 0.3) is 16.7 Å². The molecular weight excluding hydrogens is 555 g/mol. The van der Waals surface area contributed by atoms with E-state index in [1.165, 1.54) is 11.9 Å². The largest absolute Gasteiger partial charge is 0.459 e. The van der Waals surface area contributed by atoms with Gasteiger partial charge in [0.1, 0.15) is 18.0 Å². The van der Waals surface area contributed by atoms with Gasteiger partial charge in [0.2, 0.25) is 0 Å². The van der Waals surface area contributed by atoms with Crippen LogP contribution >= 0.6 is 35.1 Å². The lowest BCUT2D eigenvalue weighted by Gasteiger charge is -2.29. The zero-order valence-corrected chi connectivity index (χ0v) is 24.4. The molecule has 0 atom stereocenters. The van der Waals surface area contributed by atoms with Gasteiger partial charge in [0.15, 0.2) is 0 Å². The van der Waals surface area contributed by atoms with E-state index in [1.54, 1.807) is 6.07 Å². The summed E-state index contributed by atoms with van der Waals surface area (Å²) in [6.07, 6.45) is 3.86. The van der Waals surface area contributed by atoms with Crippen LogP contribution in [0.15, 0.2) is 71.9 Å². The number of carbonyl (C=O) groups excluding carboxylic acids is 1. The first-order chi connectivity index (χ1) is 18.6. The second-order valence-electron chi connectivity index (χ2n) is 10.2. The molecule has 0 saturated carbocycles. The maximum atomic E-state index is 12.8. The maximum Gasteiger partial charge on any atom is 0.327 e. The minimum absolute atomic E-state index is 0.0431. The number of hydrogen-bond donors (Lipinski definition) is 0. The Morgan fingerprint density at radius 1 is 1.05 bits per heavy atom. The molecule has 204 valence electrons. The molecule has 0 bridgehead atoms. The van der Waals surface area contributed by atoms with E-state index >= 15 is 0 Å². The lowest BCUT2D eigenvalue weighted by Crippen LogP contribution is -2.36.